The molecule has 0 atom stereocenters. The van der Waals surface area contributed by atoms with Gasteiger partial charge < -0.3 is 10.6 Å². The molecule has 0 spiro atoms. The second-order valence-corrected chi connectivity index (χ2v) is 11.2. The molecule has 0 fully saturated rings. The average molecular weight is 626 g/mol. The van der Waals surface area contributed by atoms with E-state index in [1.54, 1.807) is 36.5 Å². The van der Waals surface area contributed by atoms with Gasteiger partial charge in [-0.25, -0.2) is 22.3 Å². The van der Waals surface area contributed by atoms with Crippen LogP contribution in [0, 0.1) is 5.82 Å². The highest BCUT2D eigenvalue weighted by atomic mass is 127. The number of alkyl halides is 1. The van der Waals surface area contributed by atoms with Crippen LogP contribution in [0.25, 0.3) is 16.5 Å². The van der Waals surface area contributed by atoms with Crippen LogP contribution in [0.4, 0.5) is 20.6 Å². The molecule has 2 amide bonds. The number of fused-ring (bicyclic) bond motifs is 1. The Kier molecular flexibility index (Phi) is 7.42. The molecule has 35 heavy (non-hydrogen) atoms. The van der Waals surface area contributed by atoms with E-state index in [-0.39, 0.29) is 9.60 Å². The molecule has 0 unspecified atom stereocenters. The van der Waals surface area contributed by atoms with Gasteiger partial charge in [-0.15, -0.1) is 11.3 Å². The molecule has 2 aromatic heterocycles. The number of aromatic nitrogens is 1. The van der Waals surface area contributed by atoms with Crippen LogP contribution in [0.15, 0.2) is 69.8 Å². The number of pyridine rings is 1. The predicted molar refractivity (Wildman–Crippen MR) is 145 cm³/mol. The van der Waals surface area contributed by atoms with Gasteiger partial charge in [-0.05, 0) is 66.9 Å². The molecule has 0 aliphatic rings. The number of amides is 2. The van der Waals surface area contributed by atoms with Crippen molar-refractivity contribution in [2.45, 2.75) is 15.6 Å². The van der Waals surface area contributed by atoms with E-state index >= 15 is 0 Å². The Labute approximate surface area is 218 Å². The number of anilines is 2. The number of hydrogen-bond acceptors (Lipinski definition) is 6. The molecule has 12 heteroatoms. The number of nitrogens with one attached hydrogen (secondary N) is 3. The molecule has 0 aliphatic heterocycles. The number of hydrogen-bond donors (Lipinski definition) is 3. The van der Waals surface area contributed by atoms with E-state index in [1.807, 2.05) is 11.6 Å². The Balaban J connectivity index is 1.51. The Bertz CT molecular complexity index is 1570. The van der Waals surface area contributed by atoms with Crippen LogP contribution in [-0.4, -0.2) is 25.6 Å². The van der Waals surface area contributed by atoms with E-state index in [9.17, 15) is 22.4 Å². The van der Waals surface area contributed by atoms with Gasteiger partial charge in [0.15, 0.2) is 0 Å². The van der Waals surface area contributed by atoms with Crippen molar-refractivity contribution >= 4 is 72.1 Å². The largest absolute Gasteiger partial charge is 0.383 e. The van der Waals surface area contributed by atoms with Crippen LogP contribution in [0.2, 0.25) is 0 Å². The number of benzene rings is 2. The second kappa shape index (κ2) is 10.3. The zero-order chi connectivity index (χ0) is 25.2. The van der Waals surface area contributed by atoms with Crippen molar-refractivity contribution < 1.29 is 17.6 Å². The standard InChI is InChI=1S/C23H20FIN4O4S2/c1-2-26-20-11-14-9-10-29(22(30)18(14)12-19(20)24)16-5-3-15(4-6-16)27-23(31)28-35(32,33)21-8-7-17(13-25)34-21/h3-12,26H,2,13H2,1H3,(H2,27,28,31). The smallest absolute Gasteiger partial charge is 0.333 e. The van der Waals surface area contributed by atoms with Gasteiger partial charge in [-0.1, -0.05) is 22.6 Å². The number of thiophene rings is 1. The summed E-state index contributed by atoms with van der Waals surface area (Å²) in [6, 6.07) is 13.0. The van der Waals surface area contributed by atoms with E-state index in [1.165, 1.54) is 28.8 Å². The fourth-order valence-corrected chi connectivity index (χ4v) is 6.24. The quantitative estimate of drug-likeness (QED) is 0.196. The number of carbonyl (C=O) groups is 1. The van der Waals surface area contributed by atoms with Crippen LogP contribution in [0.5, 0.6) is 0 Å². The first kappa shape index (κ1) is 25.1. The lowest BCUT2D eigenvalue weighted by atomic mass is 10.1. The normalized spacial score (nSPS) is 11.4. The number of carbonyl (C=O) groups excluding carboxylic acids is 1. The summed E-state index contributed by atoms with van der Waals surface area (Å²) in [6.07, 6.45) is 1.59. The maximum atomic E-state index is 14.3. The van der Waals surface area contributed by atoms with Crippen molar-refractivity contribution in [3.05, 3.63) is 81.8 Å². The van der Waals surface area contributed by atoms with Gasteiger partial charge in [0.25, 0.3) is 15.6 Å². The minimum Gasteiger partial charge on any atom is -0.383 e. The molecule has 3 N–H and O–H groups in total. The third kappa shape index (κ3) is 5.49. The highest BCUT2D eigenvalue weighted by Crippen LogP contribution is 2.24. The van der Waals surface area contributed by atoms with Gasteiger partial charge in [-0.2, -0.15) is 0 Å². The van der Waals surface area contributed by atoms with Gasteiger partial charge in [-0.3, -0.25) is 9.36 Å². The van der Waals surface area contributed by atoms with Gasteiger partial charge >= 0.3 is 6.03 Å². The summed E-state index contributed by atoms with van der Waals surface area (Å²) in [5.41, 5.74) is 0.764. The fraction of sp³-hybridized carbons (Fsp3) is 0.130. The highest BCUT2D eigenvalue weighted by Gasteiger charge is 2.20. The summed E-state index contributed by atoms with van der Waals surface area (Å²) in [5.74, 6) is -0.511. The molecule has 4 aromatic rings. The third-order valence-corrected chi connectivity index (χ3v) is 9.27. The SMILES string of the molecule is CCNc1cc2ccn(-c3ccc(NC(=O)NS(=O)(=O)c4ccc(CI)s4)cc3)c(=O)c2cc1F. The lowest BCUT2D eigenvalue weighted by Gasteiger charge is -2.11. The molecular formula is C23H20FIN4O4S2. The molecule has 0 radical (unpaired) electrons. The lowest BCUT2D eigenvalue weighted by molar-refractivity contribution is 0.256. The molecule has 8 nitrogen and oxygen atoms in total. The predicted octanol–water partition coefficient (Wildman–Crippen LogP) is 5.07. The summed E-state index contributed by atoms with van der Waals surface area (Å²) in [4.78, 5) is 26.1. The Hall–Kier alpha value is -2.97. The second-order valence-electron chi connectivity index (χ2n) is 7.40. The van der Waals surface area contributed by atoms with Crippen molar-refractivity contribution in [2.24, 2.45) is 0 Å². The van der Waals surface area contributed by atoms with E-state index in [0.29, 0.717) is 33.4 Å². The fourth-order valence-electron chi connectivity index (χ4n) is 3.40. The number of sulfonamides is 1. The molecule has 0 saturated carbocycles. The summed E-state index contributed by atoms with van der Waals surface area (Å²) < 4.78 is 43.2. The van der Waals surface area contributed by atoms with E-state index in [0.717, 1.165) is 16.2 Å². The van der Waals surface area contributed by atoms with Crippen LogP contribution >= 0.6 is 33.9 Å². The zero-order valence-corrected chi connectivity index (χ0v) is 22.1. The average Bonchev–Trinajstić information content (AvgIpc) is 3.32. The van der Waals surface area contributed by atoms with Crippen molar-refractivity contribution in [2.75, 3.05) is 17.2 Å². The third-order valence-electron chi connectivity index (χ3n) is 5.02. The summed E-state index contributed by atoms with van der Waals surface area (Å²) in [6.45, 7) is 2.41. The van der Waals surface area contributed by atoms with Gasteiger partial charge in [0.2, 0.25) is 0 Å². The number of urea groups is 1. The van der Waals surface area contributed by atoms with Gasteiger partial charge in [0.05, 0.1) is 11.1 Å². The molecule has 0 bridgehead atoms. The molecule has 4 rings (SSSR count). The Morgan fingerprint density at radius 3 is 2.51 bits per heavy atom. The molecule has 2 aromatic carbocycles. The maximum Gasteiger partial charge on any atom is 0.333 e. The first-order chi connectivity index (χ1) is 16.7. The molecular weight excluding hydrogens is 606 g/mol. The first-order valence-electron chi connectivity index (χ1n) is 10.4. The van der Waals surface area contributed by atoms with E-state index in [4.69, 9.17) is 0 Å². The number of rotatable bonds is 7. The summed E-state index contributed by atoms with van der Waals surface area (Å²) >= 11 is 3.23. The van der Waals surface area contributed by atoms with Gasteiger partial charge in [0, 0.05) is 33.4 Å². The number of nitrogens with zero attached hydrogens (tertiary/aromatic N) is 1. The Morgan fingerprint density at radius 2 is 1.86 bits per heavy atom. The molecule has 2 heterocycles. The summed E-state index contributed by atoms with van der Waals surface area (Å²) in [5, 5.41) is 6.23. The van der Waals surface area contributed by atoms with E-state index in [2.05, 4.69) is 33.2 Å². The van der Waals surface area contributed by atoms with Crippen molar-refractivity contribution in [3.63, 3.8) is 0 Å². The maximum absolute atomic E-state index is 14.3. The van der Waals surface area contributed by atoms with Crippen molar-refractivity contribution in [1.29, 1.82) is 0 Å². The van der Waals surface area contributed by atoms with Crippen LogP contribution in [0.3, 0.4) is 0 Å². The Morgan fingerprint density at radius 1 is 1.11 bits per heavy atom. The monoisotopic (exact) mass is 626 g/mol. The lowest BCUT2D eigenvalue weighted by Crippen LogP contribution is -2.33. The number of halogens is 2. The molecule has 182 valence electrons. The van der Waals surface area contributed by atoms with Crippen molar-refractivity contribution in [3.8, 4) is 5.69 Å². The molecule has 0 aliphatic carbocycles. The van der Waals surface area contributed by atoms with E-state index < -0.39 is 27.4 Å². The van der Waals surface area contributed by atoms with Crippen molar-refractivity contribution in [1.82, 2.24) is 9.29 Å². The topological polar surface area (TPSA) is 109 Å². The summed E-state index contributed by atoms with van der Waals surface area (Å²) in [7, 11) is -3.98. The molecule has 0 saturated heterocycles. The first-order valence-corrected chi connectivity index (χ1v) is 14.2. The van der Waals surface area contributed by atoms with Crippen LogP contribution < -0.4 is 20.9 Å². The minimum absolute atomic E-state index is 0.0550. The van der Waals surface area contributed by atoms with Crippen LogP contribution in [0.1, 0.15) is 11.8 Å². The van der Waals surface area contributed by atoms with Crippen LogP contribution in [-0.2, 0) is 14.5 Å². The minimum atomic E-state index is -3.98. The zero-order valence-electron chi connectivity index (χ0n) is 18.3. The van der Waals surface area contributed by atoms with Gasteiger partial charge in [0.1, 0.15) is 10.0 Å². The highest BCUT2D eigenvalue weighted by molar-refractivity contribution is 14.1.